The molecule has 0 aliphatic carbocycles. The van der Waals surface area contributed by atoms with Crippen LogP contribution in [0.3, 0.4) is 0 Å². The van der Waals surface area contributed by atoms with E-state index < -0.39 is 15.9 Å². The molecule has 0 radical (unpaired) electrons. The summed E-state index contributed by atoms with van der Waals surface area (Å²) in [5.74, 6) is 0.676. The lowest BCUT2D eigenvalue weighted by molar-refractivity contribution is 0.102. The first-order valence-electron chi connectivity index (χ1n) is 10.5. The predicted molar refractivity (Wildman–Crippen MR) is 128 cm³/mol. The Kier molecular flexibility index (Phi) is 8.08. The van der Waals surface area contributed by atoms with Crippen molar-refractivity contribution in [1.82, 2.24) is 9.29 Å². The number of sulfonamides is 1. The highest BCUT2D eigenvalue weighted by Crippen LogP contribution is 2.31. The third kappa shape index (κ3) is 5.83. The van der Waals surface area contributed by atoms with Crippen LogP contribution in [0.1, 0.15) is 22.8 Å². The normalized spacial score (nSPS) is 11.2. The van der Waals surface area contributed by atoms with Crippen molar-refractivity contribution < 1.29 is 27.4 Å². The van der Waals surface area contributed by atoms with E-state index in [4.69, 9.17) is 14.2 Å². The van der Waals surface area contributed by atoms with Gasteiger partial charge in [-0.1, -0.05) is 0 Å². The molecular weight excluding hydrogens is 458 g/mol. The van der Waals surface area contributed by atoms with Crippen LogP contribution in [0.2, 0.25) is 0 Å². The van der Waals surface area contributed by atoms with Gasteiger partial charge in [-0.2, -0.15) is 0 Å². The number of hydrogen-bond acceptors (Lipinski definition) is 7. The van der Waals surface area contributed by atoms with E-state index in [0.717, 1.165) is 9.87 Å². The monoisotopic (exact) mass is 485 g/mol. The smallest absolute Gasteiger partial charge is 0.255 e. The van der Waals surface area contributed by atoms with Gasteiger partial charge in [-0.3, -0.25) is 9.78 Å². The molecule has 9 nitrogen and oxygen atoms in total. The van der Waals surface area contributed by atoms with Gasteiger partial charge in [0, 0.05) is 37.7 Å². The van der Waals surface area contributed by atoms with Crippen molar-refractivity contribution in [2.24, 2.45) is 0 Å². The highest BCUT2D eigenvalue weighted by Gasteiger charge is 2.23. The van der Waals surface area contributed by atoms with Gasteiger partial charge < -0.3 is 19.5 Å². The number of aromatic nitrogens is 1. The zero-order valence-electron chi connectivity index (χ0n) is 19.4. The first kappa shape index (κ1) is 25.0. The zero-order chi connectivity index (χ0) is 24.7. The number of methoxy groups -OCH3 is 1. The Labute approximate surface area is 199 Å². The first-order valence-corrected chi connectivity index (χ1v) is 11.9. The van der Waals surface area contributed by atoms with Crippen LogP contribution in [0.4, 0.5) is 5.69 Å². The fourth-order valence-corrected chi connectivity index (χ4v) is 4.11. The number of pyridine rings is 1. The lowest BCUT2D eigenvalue weighted by Crippen LogP contribution is -2.23. The summed E-state index contributed by atoms with van der Waals surface area (Å²) >= 11 is 0. The summed E-state index contributed by atoms with van der Waals surface area (Å²) in [5.41, 5.74) is 1.58. The first-order chi connectivity index (χ1) is 16.3. The fraction of sp³-hybridized carbons (Fsp3) is 0.250. The molecule has 0 saturated carbocycles. The van der Waals surface area contributed by atoms with Gasteiger partial charge in [-0.15, -0.1) is 0 Å². The molecule has 0 aliphatic heterocycles. The maximum absolute atomic E-state index is 12.9. The van der Waals surface area contributed by atoms with E-state index in [-0.39, 0.29) is 10.6 Å². The topological polar surface area (TPSA) is 107 Å². The molecule has 34 heavy (non-hydrogen) atoms. The number of benzene rings is 2. The minimum Gasteiger partial charge on any atom is -0.495 e. The Hall–Kier alpha value is -3.63. The molecule has 1 N–H and O–H groups in total. The Morgan fingerprint density at radius 2 is 1.68 bits per heavy atom. The van der Waals surface area contributed by atoms with Crippen LogP contribution < -0.4 is 19.5 Å². The van der Waals surface area contributed by atoms with Gasteiger partial charge >= 0.3 is 0 Å². The highest BCUT2D eigenvalue weighted by molar-refractivity contribution is 7.89. The quantitative estimate of drug-likeness (QED) is 0.468. The third-order valence-corrected chi connectivity index (χ3v) is 6.67. The summed E-state index contributed by atoms with van der Waals surface area (Å²) < 4.78 is 43.1. The van der Waals surface area contributed by atoms with Gasteiger partial charge in [0.15, 0.2) is 11.5 Å². The minimum absolute atomic E-state index is 0.0485. The number of nitrogens with one attached hydrogen (secondary N) is 1. The van der Waals surface area contributed by atoms with Crippen LogP contribution in [0.15, 0.2) is 65.8 Å². The van der Waals surface area contributed by atoms with E-state index in [9.17, 15) is 13.2 Å². The fourth-order valence-electron chi connectivity index (χ4n) is 3.03. The SMILES string of the molecule is CCOc1cc(C(=O)Nc2ccc(OC)c(S(=O)(=O)N(C)C)c2)ccc1OCc1ccncc1. The number of carbonyl (C=O) groups excluding carboxylic acids is 1. The number of ether oxygens (including phenoxy) is 3. The molecule has 1 aromatic heterocycles. The molecule has 0 aliphatic rings. The average molecular weight is 486 g/mol. The molecule has 0 spiro atoms. The van der Waals surface area contributed by atoms with Crippen LogP contribution in [-0.4, -0.2) is 51.4 Å². The summed E-state index contributed by atoms with van der Waals surface area (Å²) in [7, 11) is 0.458. The van der Waals surface area contributed by atoms with E-state index in [2.05, 4.69) is 10.3 Å². The largest absolute Gasteiger partial charge is 0.495 e. The van der Waals surface area contributed by atoms with Gasteiger partial charge in [0.05, 0.1) is 13.7 Å². The van der Waals surface area contributed by atoms with Crippen LogP contribution in [0.5, 0.6) is 17.2 Å². The molecule has 2 aromatic carbocycles. The van der Waals surface area contributed by atoms with Crippen LogP contribution >= 0.6 is 0 Å². The Morgan fingerprint density at radius 1 is 0.971 bits per heavy atom. The van der Waals surface area contributed by atoms with Crippen molar-refractivity contribution in [3.63, 3.8) is 0 Å². The number of hydrogen-bond donors (Lipinski definition) is 1. The molecule has 180 valence electrons. The van der Waals surface area contributed by atoms with Crippen molar-refractivity contribution in [2.45, 2.75) is 18.4 Å². The van der Waals surface area contributed by atoms with Crippen molar-refractivity contribution in [1.29, 1.82) is 0 Å². The molecule has 10 heteroatoms. The van der Waals surface area contributed by atoms with Crippen molar-refractivity contribution in [2.75, 3.05) is 33.1 Å². The molecule has 0 unspecified atom stereocenters. The third-order valence-electron chi connectivity index (χ3n) is 4.83. The Morgan fingerprint density at radius 3 is 2.32 bits per heavy atom. The molecule has 0 atom stereocenters. The number of anilines is 1. The Bertz CT molecular complexity index is 1250. The van der Waals surface area contributed by atoms with Gasteiger partial charge in [0.25, 0.3) is 5.91 Å². The maximum atomic E-state index is 12.9. The van der Waals surface area contributed by atoms with Crippen molar-refractivity contribution >= 4 is 21.6 Å². The van der Waals surface area contributed by atoms with E-state index in [1.54, 1.807) is 36.7 Å². The Balaban J connectivity index is 1.82. The second-order valence-electron chi connectivity index (χ2n) is 7.35. The summed E-state index contributed by atoms with van der Waals surface area (Å²) in [6, 6.07) is 13.0. The van der Waals surface area contributed by atoms with Gasteiger partial charge in [0.2, 0.25) is 10.0 Å². The molecule has 3 rings (SSSR count). The second kappa shape index (κ2) is 11.0. The van der Waals surface area contributed by atoms with Gasteiger partial charge in [-0.05, 0) is 61.0 Å². The molecule has 0 fully saturated rings. The van der Waals surface area contributed by atoms with Crippen molar-refractivity contribution in [3.05, 3.63) is 72.1 Å². The molecule has 1 heterocycles. The highest BCUT2D eigenvalue weighted by atomic mass is 32.2. The molecule has 1 amide bonds. The van der Waals surface area contributed by atoms with E-state index >= 15 is 0 Å². The molecule has 0 bridgehead atoms. The van der Waals surface area contributed by atoms with Crippen LogP contribution in [0.25, 0.3) is 0 Å². The van der Waals surface area contributed by atoms with Crippen molar-refractivity contribution in [3.8, 4) is 17.2 Å². The standard InChI is InChI=1S/C24H27N3O6S/c1-5-32-22-14-18(6-8-20(22)33-16-17-10-12-25-13-11-17)24(28)26-19-7-9-21(31-4)23(15-19)34(29,30)27(2)3/h6-15H,5,16H2,1-4H3,(H,26,28). The minimum atomic E-state index is -3.77. The number of amides is 1. The molecule has 0 saturated heterocycles. The van der Waals surface area contributed by atoms with E-state index in [1.165, 1.54) is 33.3 Å². The second-order valence-corrected chi connectivity index (χ2v) is 9.47. The van der Waals surface area contributed by atoms with Crippen LogP contribution in [-0.2, 0) is 16.6 Å². The summed E-state index contributed by atoms with van der Waals surface area (Å²) in [6.07, 6.45) is 3.37. The maximum Gasteiger partial charge on any atom is 0.255 e. The van der Waals surface area contributed by atoms with Gasteiger partial charge in [0.1, 0.15) is 17.3 Å². The lowest BCUT2D eigenvalue weighted by Gasteiger charge is -2.16. The summed E-state index contributed by atoms with van der Waals surface area (Å²) in [6.45, 7) is 2.55. The number of nitrogens with zero attached hydrogens (tertiary/aromatic N) is 2. The summed E-state index contributed by atoms with van der Waals surface area (Å²) in [4.78, 5) is 16.8. The number of carbonyl (C=O) groups is 1. The van der Waals surface area contributed by atoms with Gasteiger partial charge in [-0.25, -0.2) is 12.7 Å². The average Bonchev–Trinajstić information content (AvgIpc) is 2.83. The van der Waals surface area contributed by atoms with Crippen LogP contribution in [0, 0.1) is 0 Å². The zero-order valence-corrected chi connectivity index (χ0v) is 20.3. The summed E-state index contributed by atoms with van der Waals surface area (Å²) in [5, 5.41) is 2.73. The van der Waals surface area contributed by atoms with E-state index in [0.29, 0.717) is 36.0 Å². The number of rotatable bonds is 10. The molecule has 3 aromatic rings. The molecular formula is C24H27N3O6S. The predicted octanol–water partition coefficient (Wildman–Crippen LogP) is 3.57. The lowest BCUT2D eigenvalue weighted by atomic mass is 10.1. The van der Waals surface area contributed by atoms with E-state index in [1.807, 2.05) is 19.1 Å².